The number of allylic oxidation sites excluding steroid dienone is 1. The molecule has 0 spiro atoms. The van der Waals surface area contributed by atoms with Gasteiger partial charge in [-0.25, -0.2) is 9.37 Å². The number of hydrogen-bond acceptors (Lipinski definition) is 4. The maximum absolute atomic E-state index is 13.1. The van der Waals surface area contributed by atoms with Gasteiger partial charge in [0.2, 0.25) is 0 Å². The summed E-state index contributed by atoms with van der Waals surface area (Å²) in [7, 11) is 0. The largest absolute Gasteiger partial charge is 0.300 e. The molecule has 126 valence electrons. The standard InChI is InChI=1S/C17H14FN5S2/c1-2-7-22-15(20-21-16(22)24)8-13-10-25-17-19-14(9-23(13)17)11-3-5-12(18)6-4-11/h2-6,9-10H,1,7-8H2,(H,21,24). The Morgan fingerprint density at radius 3 is 2.88 bits per heavy atom. The lowest BCUT2D eigenvalue weighted by atomic mass is 10.2. The summed E-state index contributed by atoms with van der Waals surface area (Å²) in [5.41, 5.74) is 2.77. The number of H-pyrrole nitrogens is 1. The lowest BCUT2D eigenvalue weighted by Gasteiger charge is -2.03. The van der Waals surface area contributed by atoms with Crippen LogP contribution >= 0.6 is 23.6 Å². The van der Waals surface area contributed by atoms with Gasteiger partial charge in [-0.3, -0.25) is 14.1 Å². The molecule has 8 heteroatoms. The number of nitrogens with one attached hydrogen (secondary N) is 1. The van der Waals surface area contributed by atoms with Gasteiger partial charge in [0, 0.05) is 35.8 Å². The van der Waals surface area contributed by atoms with Gasteiger partial charge in [0.15, 0.2) is 9.73 Å². The second-order valence-electron chi connectivity index (χ2n) is 5.53. The maximum atomic E-state index is 13.1. The van der Waals surface area contributed by atoms with Crippen molar-refractivity contribution in [1.82, 2.24) is 24.1 Å². The Morgan fingerprint density at radius 1 is 1.32 bits per heavy atom. The third kappa shape index (κ3) is 2.94. The van der Waals surface area contributed by atoms with Gasteiger partial charge in [-0.1, -0.05) is 6.08 Å². The van der Waals surface area contributed by atoms with E-state index in [1.807, 2.05) is 15.2 Å². The Morgan fingerprint density at radius 2 is 2.12 bits per heavy atom. The number of rotatable bonds is 5. The van der Waals surface area contributed by atoms with Crippen molar-refractivity contribution in [3.05, 3.63) is 70.6 Å². The zero-order valence-corrected chi connectivity index (χ0v) is 14.8. The molecule has 0 aliphatic heterocycles. The van der Waals surface area contributed by atoms with E-state index in [9.17, 15) is 4.39 Å². The monoisotopic (exact) mass is 371 g/mol. The molecule has 0 atom stereocenters. The summed E-state index contributed by atoms with van der Waals surface area (Å²) in [4.78, 5) is 5.51. The van der Waals surface area contributed by atoms with Gasteiger partial charge in [0.1, 0.15) is 11.6 Å². The van der Waals surface area contributed by atoms with Gasteiger partial charge in [-0.2, -0.15) is 5.10 Å². The van der Waals surface area contributed by atoms with Crippen molar-refractivity contribution in [3.8, 4) is 11.3 Å². The van der Waals surface area contributed by atoms with Crippen LogP contribution in [0.3, 0.4) is 0 Å². The minimum Gasteiger partial charge on any atom is -0.300 e. The average molecular weight is 371 g/mol. The fourth-order valence-corrected chi connectivity index (χ4v) is 3.78. The third-order valence-electron chi connectivity index (χ3n) is 3.91. The molecule has 0 saturated heterocycles. The second kappa shape index (κ2) is 6.38. The molecule has 25 heavy (non-hydrogen) atoms. The molecular weight excluding hydrogens is 357 g/mol. The first-order valence-electron chi connectivity index (χ1n) is 7.62. The molecule has 0 saturated carbocycles. The molecule has 0 amide bonds. The normalized spacial score (nSPS) is 11.2. The quantitative estimate of drug-likeness (QED) is 0.422. The number of aromatic amines is 1. The van der Waals surface area contributed by atoms with Gasteiger partial charge in [0.25, 0.3) is 0 Å². The highest BCUT2D eigenvalue weighted by Gasteiger charge is 2.13. The summed E-state index contributed by atoms with van der Waals surface area (Å²) in [6.45, 7) is 4.37. The lowest BCUT2D eigenvalue weighted by Crippen LogP contribution is -2.04. The van der Waals surface area contributed by atoms with Crippen LogP contribution in [0.5, 0.6) is 0 Å². The SMILES string of the molecule is C=CCn1c(Cc2csc3nc(-c4ccc(F)cc4)cn23)n[nH]c1=S. The van der Waals surface area contributed by atoms with E-state index in [0.717, 1.165) is 27.7 Å². The Bertz CT molecular complexity index is 1100. The highest BCUT2D eigenvalue weighted by atomic mass is 32.1. The Kier molecular flexibility index (Phi) is 4.06. The summed E-state index contributed by atoms with van der Waals surface area (Å²) < 4.78 is 17.6. The Balaban J connectivity index is 1.70. The number of aromatic nitrogens is 5. The molecule has 5 nitrogen and oxygen atoms in total. The van der Waals surface area contributed by atoms with Gasteiger partial charge in [-0.15, -0.1) is 17.9 Å². The predicted molar refractivity (Wildman–Crippen MR) is 98.9 cm³/mol. The van der Waals surface area contributed by atoms with Crippen molar-refractivity contribution < 1.29 is 4.39 Å². The van der Waals surface area contributed by atoms with Gasteiger partial charge in [0.05, 0.1) is 5.69 Å². The van der Waals surface area contributed by atoms with Gasteiger partial charge < -0.3 is 0 Å². The first-order chi connectivity index (χ1) is 12.2. The van der Waals surface area contributed by atoms with E-state index in [2.05, 4.69) is 27.1 Å². The van der Waals surface area contributed by atoms with Crippen LogP contribution in [-0.2, 0) is 13.0 Å². The minimum atomic E-state index is -0.254. The van der Waals surface area contributed by atoms with Crippen LogP contribution in [0.4, 0.5) is 4.39 Å². The summed E-state index contributed by atoms with van der Waals surface area (Å²) in [5.74, 6) is 0.595. The highest BCUT2D eigenvalue weighted by Crippen LogP contribution is 2.25. The number of imidazole rings is 1. The van der Waals surface area contributed by atoms with Crippen LogP contribution in [-0.4, -0.2) is 24.1 Å². The molecule has 4 aromatic rings. The molecule has 1 N–H and O–H groups in total. The van der Waals surface area contributed by atoms with E-state index in [0.29, 0.717) is 17.7 Å². The number of benzene rings is 1. The van der Waals surface area contributed by atoms with Gasteiger partial charge in [-0.05, 0) is 36.5 Å². The topological polar surface area (TPSA) is 50.9 Å². The molecule has 0 unspecified atom stereocenters. The third-order valence-corrected chi connectivity index (χ3v) is 5.11. The summed E-state index contributed by atoms with van der Waals surface area (Å²) >= 11 is 6.82. The minimum absolute atomic E-state index is 0.254. The smallest absolute Gasteiger partial charge is 0.195 e. The molecule has 1 aromatic carbocycles. The van der Waals surface area contributed by atoms with Crippen molar-refractivity contribution in [2.24, 2.45) is 0 Å². The molecule has 0 radical (unpaired) electrons. The van der Waals surface area contributed by atoms with E-state index in [1.165, 1.54) is 12.1 Å². The number of thiazole rings is 1. The maximum Gasteiger partial charge on any atom is 0.195 e. The fraction of sp³-hybridized carbons (Fsp3) is 0.118. The molecule has 0 bridgehead atoms. The number of nitrogens with zero attached hydrogens (tertiary/aromatic N) is 4. The predicted octanol–water partition coefficient (Wildman–Crippen LogP) is 4.23. The van der Waals surface area contributed by atoms with Crippen molar-refractivity contribution in [2.45, 2.75) is 13.0 Å². The van der Waals surface area contributed by atoms with Crippen molar-refractivity contribution >= 4 is 28.5 Å². The van der Waals surface area contributed by atoms with Crippen LogP contribution in [0.25, 0.3) is 16.2 Å². The summed E-state index contributed by atoms with van der Waals surface area (Å²) in [5, 5.41) is 9.21. The average Bonchev–Trinajstić information content (AvgIpc) is 3.27. The number of hydrogen-bond donors (Lipinski definition) is 1. The van der Waals surface area contributed by atoms with Crippen molar-refractivity contribution in [3.63, 3.8) is 0 Å². The van der Waals surface area contributed by atoms with Crippen LogP contribution in [0.1, 0.15) is 11.5 Å². The van der Waals surface area contributed by atoms with Crippen LogP contribution in [0.2, 0.25) is 0 Å². The van der Waals surface area contributed by atoms with E-state index >= 15 is 0 Å². The molecule has 3 heterocycles. The molecular formula is C17H14FN5S2. The molecule has 0 fully saturated rings. The molecule has 4 rings (SSSR count). The van der Waals surface area contributed by atoms with Crippen molar-refractivity contribution in [1.29, 1.82) is 0 Å². The number of fused-ring (bicyclic) bond motifs is 1. The van der Waals surface area contributed by atoms with E-state index in [-0.39, 0.29) is 5.82 Å². The van der Waals surface area contributed by atoms with Crippen LogP contribution in [0, 0.1) is 10.6 Å². The van der Waals surface area contributed by atoms with Crippen LogP contribution < -0.4 is 0 Å². The Hall–Kier alpha value is -2.58. The van der Waals surface area contributed by atoms with E-state index in [4.69, 9.17) is 12.2 Å². The van der Waals surface area contributed by atoms with Gasteiger partial charge >= 0.3 is 0 Å². The van der Waals surface area contributed by atoms with E-state index < -0.39 is 0 Å². The lowest BCUT2D eigenvalue weighted by molar-refractivity contribution is 0.628. The fourth-order valence-electron chi connectivity index (χ4n) is 2.68. The van der Waals surface area contributed by atoms with E-state index in [1.54, 1.807) is 29.5 Å². The highest BCUT2D eigenvalue weighted by molar-refractivity contribution is 7.71. The van der Waals surface area contributed by atoms with Crippen LogP contribution in [0.15, 0.2) is 48.5 Å². The number of halogens is 1. The second-order valence-corrected chi connectivity index (χ2v) is 6.76. The zero-order valence-electron chi connectivity index (χ0n) is 13.1. The zero-order chi connectivity index (χ0) is 17.4. The molecule has 0 aliphatic rings. The Labute approximate surface area is 152 Å². The molecule has 3 aromatic heterocycles. The first-order valence-corrected chi connectivity index (χ1v) is 8.91. The first kappa shape index (κ1) is 15.9. The molecule has 0 aliphatic carbocycles. The summed E-state index contributed by atoms with van der Waals surface area (Å²) in [6, 6.07) is 6.35. The summed E-state index contributed by atoms with van der Waals surface area (Å²) in [6.07, 6.45) is 4.38. The van der Waals surface area contributed by atoms with Crippen molar-refractivity contribution in [2.75, 3.05) is 0 Å².